The van der Waals surface area contributed by atoms with Crippen LogP contribution in [0.3, 0.4) is 0 Å². The van der Waals surface area contributed by atoms with Crippen LogP contribution >= 0.6 is 0 Å². The van der Waals surface area contributed by atoms with Crippen molar-refractivity contribution in [1.29, 1.82) is 0 Å². The number of nitrogens with zero attached hydrogens (tertiary/aromatic N) is 1. The number of aromatic nitrogens is 1. The molecule has 0 aliphatic carbocycles. The van der Waals surface area contributed by atoms with Crippen molar-refractivity contribution in [2.75, 3.05) is 6.26 Å². The van der Waals surface area contributed by atoms with Crippen molar-refractivity contribution in [3.63, 3.8) is 0 Å². The Morgan fingerprint density at radius 2 is 1.94 bits per heavy atom. The molecule has 0 atom stereocenters. The minimum absolute atomic E-state index is 0.0740. The molecule has 0 saturated carbocycles. The van der Waals surface area contributed by atoms with Gasteiger partial charge in [-0.2, -0.15) is 0 Å². The minimum Gasteiger partial charge on any atom is -0.347 e. The summed E-state index contributed by atoms with van der Waals surface area (Å²) < 4.78 is 23.0. The predicted molar refractivity (Wildman–Crippen MR) is 64.6 cm³/mol. The van der Waals surface area contributed by atoms with Gasteiger partial charge in [0.25, 0.3) is 5.91 Å². The Bertz CT molecular complexity index is 530. The maximum absolute atomic E-state index is 11.9. The first kappa shape index (κ1) is 13.6. The molecular weight excluding hydrogens is 240 g/mol. The zero-order chi connectivity index (χ0) is 13.3. The number of sulfone groups is 1. The summed E-state index contributed by atoms with van der Waals surface area (Å²) in [5, 5.41) is 2.51. The van der Waals surface area contributed by atoms with E-state index in [9.17, 15) is 13.2 Å². The zero-order valence-corrected chi connectivity index (χ0v) is 11.1. The third kappa shape index (κ3) is 3.81. The van der Waals surface area contributed by atoms with Gasteiger partial charge in [0.1, 0.15) is 0 Å². The minimum atomic E-state index is -3.51. The predicted octanol–water partition coefficient (Wildman–Crippen LogP) is 1.01. The second-order valence-electron chi connectivity index (χ2n) is 4.83. The van der Waals surface area contributed by atoms with E-state index in [1.807, 2.05) is 20.8 Å². The lowest BCUT2D eigenvalue weighted by molar-refractivity contribution is 0.0915. The quantitative estimate of drug-likeness (QED) is 0.857. The molecule has 0 aromatic carbocycles. The first-order valence-electron chi connectivity index (χ1n) is 5.09. The number of carbonyl (C=O) groups excluding carboxylic acids is 1. The molecule has 94 valence electrons. The topological polar surface area (TPSA) is 76.1 Å². The van der Waals surface area contributed by atoms with Gasteiger partial charge in [-0.15, -0.1) is 0 Å². The van der Waals surface area contributed by atoms with E-state index in [2.05, 4.69) is 10.3 Å². The first-order chi connectivity index (χ1) is 7.61. The van der Waals surface area contributed by atoms with Crippen LogP contribution in [0.15, 0.2) is 23.4 Å². The zero-order valence-electron chi connectivity index (χ0n) is 10.3. The Kier molecular flexibility index (Phi) is 3.56. The van der Waals surface area contributed by atoms with E-state index in [-0.39, 0.29) is 10.6 Å². The average molecular weight is 256 g/mol. The van der Waals surface area contributed by atoms with Crippen LogP contribution < -0.4 is 5.32 Å². The molecule has 1 heterocycles. The largest absolute Gasteiger partial charge is 0.347 e. The number of hydrogen-bond donors (Lipinski definition) is 1. The molecule has 0 saturated heterocycles. The molecule has 0 fully saturated rings. The molecule has 0 bridgehead atoms. The third-order valence-corrected chi connectivity index (χ3v) is 2.88. The summed E-state index contributed by atoms with van der Waals surface area (Å²) in [6, 6.07) is 2.98. The Morgan fingerprint density at radius 1 is 1.35 bits per heavy atom. The normalized spacial score (nSPS) is 12.2. The molecule has 17 heavy (non-hydrogen) atoms. The summed E-state index contributed by atoms with van der Waals surface area (Å²) in [6.07, 6.45) is 2.38. The summed E-state index contributed by atoms with van der Waals surface area (Å²) in [7, 11) is -3.51. The number of pyridine rings is 1. The highest BCUT2D eigenvalue weighted by Gasteiger charge is 2.22. The van der Waals surface area contributed by atoms with Crippen LogP contribution in [-0.4, -0.2) is 31.1 Å². The molecular formula is C11H16N2O3S. The Morgan fingerprint density at radius 3 is 2.41 bits per heavy atom. The maximum Gasteiger partial charge on any atom is 0.254 e. The molecule has 1 aromatic rings. The van der Waals surface area contributed by atoms with Crippen molar-refractivity contribution in [2.45, 2.75) is 31.3 Å². The van der Waals surface area contributed by atoms with Gasteiger partial charge in [-0.3, -0.25) is 4.79 Å². The molecule has 0 unspecified atom stereocenters. The SMILES string of the molecule is CC(C)(C)NC(=O)c1cccnc1S(C)(=O)=O. The molecule has 0 radical (unpaired) electrons. The maximum atomic E-state index is 11.9. The molecule has 1 amide bonds. The van der Waals surface area contributed by atoms with E-state index in [1.54, 1.807) is 0 Å². The lowest BCUT2D eigenvalue weighted by Gasteiger charge is -2.20. The van der Waals surface area contributed by atoms with Crippen molar-refractivity contribution >= 4 is 15.7 Å². The second kappa shape index (κ2) is 4.44. The van der Waals surface area contributed by atoms with Crippen LogP contribution in [0.4, 0.5) is 0 Å². The molecule has 0 aliphatic rings. The van der Waals surface area contributed by atoms with Gasteiger partial charge in [0.2, 0.25) is 0 Å². The standard InChI is InChI=1S/C11H16N2O3S/c1-11(2,3)13-9(14)8-6-5-7-12-10(8)17(4,15)16/h5-7H,1-4H3,(H,13,14). The van der Waals surface area contributed by atoms with Gasteiger partial charge in [-0.1, -0.05) is 0 Å². The Labute approximate surface area is 101 Å². The summed E-state index contributed by atoms with van der Waals surface area (Å²) in [6.45, 7) is 5.46. The highest BCUT2D eigenvalue weighted by Crippen LogP contribution is 2.13. The van der Waals surface area contributed by atoms with Crippen molar-refractivity contribution in [3.8, 4) is 0 Å². The van der Waals surface area contributed by atoms with E-state index in [4.69, 9.17) is 0 Å². The summed E-state index contributed by atoms with van der Waals surface area (Å²) >= 11 is 0. The fourth-order valence-electron chi connectivity index (χ4n) is 1.27. The second-order valence-corrected chi connectivity index (χ2v) is 6.76. The summed E-state index contributed by atoms with van der Waals surface area (Å²) in [4.78, 5) is 15.7. The molecule has 6 heteroatoms. The van der Waals surface area contributed by atoms with E-state index >= 15 is 0 Å². The fraction of sp³-hybridized carbons (Fsp3) is 0.455. The molecule has 0 spiro atoms. The Balaban J connectivity index is 3.20. The first-order valence-corrected chi connectivity index (χ1v) is 6.98. The van der Waals surface area contributed by atoms with Crippen LogP contribution in [0.25, 0.3) is 0 Å². The van der Waals surface area contributed by atoms with Crippen molar-refractivity contribution in [2.24, 2.45) is 0 Å². The Hall–Kier alpha value is -1.43. The van der Waals surface area contributed by atoms with Gasteiger partial charge < -0.3 is 5.32 Å². The van der Waals surface area contributed by atoms with Crippen LogP contribution in [0, 0.1) is 0 Å². The average Bonchev–Trinajstić information content (AvgIpc) is 2.13. The van der Waals surface area contributed by atoms with Crippen LogP contribution in [0.5, 0.6) is 0 Å². The number of carbonyl (C=O) groups is 1. The number of amides is 1. The van der Waals surface area contributed by atoms with E-state index in [0.29, 0.717) is 0 Å². The van der Waals surface area contributed by atoms with Gasteiger partial charge in [0.05, 0.1) is 5.56 Å². The highest BCUT2D eigenvalue weighted by atomic mass is 32.2. The van der Waals surface area contributed by atoms with Gasteiger partial charge >= 0.3 is 0 Å². The van der Waals surface area contributed by atoms with Crippen LogP contribution in [-0.2, 0) is 9.84 Å². The van der Waals surface area contributed by atoms with E-state index in [0.717, 1.165) is 6.26 Å². The molecule has 5 nitrogen and oxygen atoms in total. The van der Waals surface area contributed by atoms with Gasteiger partial charge in [0.15, 0.2) is 14.9 Å². The lowest BCUT2D eigenvalue weighted by Crippen LogP contribution is -2.41. The van der Waals surface area contributed by atoms with E-state index in [1.165, 1.54) is 18.3 Å². The van der Waals surface area contributed by atoms with E-state index < -0.39 is 21.3 Å². The monoisotopic (exact) mass is 256 g/mol. The number of nitrogens with one attached hydrogen (secondary N) is 1. The molecule has 1 rings (SSSR count). The third-order valence-electron chi connectivity index (χ3n) is 1.86. The van der Waals surface area contributed by atoms with Gasteiger partial charge in [-0.05, 0) is 32.9 Å². The van der Waals surface area contributed by atoms with Crippen LogP contribution in [0.2, 0.25) is 0 Å². The molecule has 1 aromatic heterocycles. The van der Waals surface area contributed by atoms with Gasteiger partial charge in [0, 0.05) is 18.0 Å². The smallest absolute Gasteiger partial charge is 0.254 e. The van der Waals surface area contributed by atoms with Crippen LogP contribution in [0.1, 0.15) is 31.1 Å². The van der Waals surface area contributed by atoms with Gasteiger partial charge in [-0.25, -0.2) is 13.4 Å². The highest BCUT2D eigenvalue weighted by molar-refractivity contribution is 7.90. The van der Waals surface area contributed by atoms with Crippen molar-refractivity contribution in [1.82, 2.24) is 10.3 Å². The molecule has 0 aliphatic heterocycles. The fourth-order valence-corrected chi connectivity index (χ4v) is 2.08. The van der Waals surface area contributed by atoms with Crippen molar-refractivity contribution < 1.29 is 13.2 Å². The molecule has 1 N–H and O–H groups in total. The lowest BCUT2D eigenvalue weighted by atomic mass is 10.1. The van der Waals surface area contributed by atoms with Crippen molar-refractivity contribution in [3.05, 3.63) is 23.9 Å². The summed E-state index contributed by atoms with van der Waals surface area (Å²) in [5.41, 5.74) is -0.355. The number of rotatable bonds is 2. The summed E-state index contributed by atoms with van der Waals surface area (Å²) in [5.74, 6) is -0.439. The number of hydrogen-bond acceptors (Lipinski definition) is 4.